The maximum Gasteiger partial charge on any atom is 0.339 e. The summed E-state index contributed by atoms with van der Waals surface area (Å²) in [5.41, 5.74) is 1.76. The number of carbonyl (C=O) groups is 2. The van der Waals surface area contributed by atoms with Crippen LogP contribution in [-0.4, -0.2) is 31.9 Å². The van der Waals surface area contributed by atoms with Gasteiger partial charge in [0.05, 0.1) is 18.4 Å². The van der Waals surface area contributed by atoms with Crippen molar-refractivity contribution in [3.8, 4) is 17.2 Å². The van der Waals surface area contributed by atoms with Crippen molar-refractivity contribution < 1.29 is 28.5 Å². The Morgan fingerprint density at radius 3 is 2.65 bits per heavy atom. The van der Waals surface area contributed by atoms with Crippen LogP contribution in [0.2, 0.25) is 0 Å². The third-order valence-electron chi connectivity index (χ3n) is 3.87. The minimum Gasteiger partial charge on any atom is -0.495 e. The molecule has 136 valence electrons. The minimum absolute atomic E-state index is 0.116. The number of ether oxygens (including phenoxy) is 4. The van der Waals surface area contributed by atoms with Crippen molar-refractivity contribution in [2.45, 2.75) is 20.0 Å². The molecule has 1 N–H and O–H groups in total. The Balaban J connectivity index is 1.66. The van der Waals surface area contributed by atoms with E-state index in [1.165, 1.54) is 20.1 Å². The normalized spacial score (nSPS) is 13.0. The number of hydrogen-bond acceptors (Lipinski definition) is 6. The molecule has 1 amide bonds. The van der Waals surface area contributed by atoms with Gasteiger partial charge in [-0.1, -0.05) is 6.07 Å². The lowest BCUT2D eigenvalue weighted by Gasteiger charge is -2.15. The number of carbonyl (C=O) groups excluding carboxylic acids is 2. The van der Waals surface area contributed by atoms with Crippen LogP contribution in [0, 0.1) is 6.92 Å². The van der Waals surface area contributed by atoms with Crippen LogP contribution in [0.15, 0.2) is 36.4 Å². The fourth-order valence-electron chi connectivity index (χ4n) is 2.46. The molecule has 0 spiro atoms. The molecule has 1 aliphatic rings. The van der Waals surface area contributed by atoms with Crippen LogP contribution >= 0.6 is 0 Å². The molecule has 2 aromatic rings. The number of fused-ring (bicyclic) bond motifs is 1. The van der Waals surface area contributed by atoms with Crippen LogP contribution in [-0.2, 0) is 9.53 Å². The largest absolute Gasteiger partial charge is 0.495 e. The number of nitrogens with one attached hydrogen (secondary N) is 1. The first-order chi connectivity index (χ1) is 12.5. The van der Waals surface area contributed by atoms with E-state index >= 15 is 0 Å². The van der Waals surface area contributed by atoms with Gasteiger partial charge in [-0.25, -0.2) is 4.79 Å². The lowest BCUT2D eigenvalue weighted by Crippen LogP contribution is -2.30. The maximum absolute atomic E-state index is 12.4. The highest BCUT2D eigenvalue weighted by Gasteiger charge is 2.22. The highest BCUT2D eigenvalue weighted by Crippen LogP contribution is 2.32. The molecule has 1 atom stereocenters. The van der Waals surface area contributed by atoms with E-state index in [0.29, 0.717) is 22.9 Å². The van der Waals surface area contributed by atoms with Gasteiger partial charge in [-0.05, 0) is 49.7 Å². The average molecular weight is 357 g/mol. The van der Waals surface area contributed by atoms with Crippen molar-refractivity contribution in [2.75, 3.05) is 19.2 Å². The third kappa shape index (κ3) is 3.72. The molecule has 7 nitrogen and oxygen atoms in total. The SMILES string of the molecule is COc1ccc(C)cc1NC(=O)C(C)OC(=O)c1ccc2c(c1)OCO2. The fourth-order valence-corrected chi connectivity index (χ4v) is 2.46. The summed E-state index contributed by atoms with van der Waals surface area (Å²) < 4.78 is 20.9. The van der Waals surface area contributed by atoms with Gasteiger partial charge >= 0.3 is 5.97 Å². The molecule has 1 aliphatic heterocycles. The zero-order valence-electron chi connectivity index (χ0n) is 14.7. The lowest BCUT2D eigenvalue weighted by atomic mass is 10.2. The second-order valence-electron chi connectivity index (χ2n) is 5.81. The molecule has 0 aliphatic carbocycles. The molecule has 7 heteroatoms. The molecule has 0 radical (unpaired) electrons. The first-order valence-electron chi connectivity index (χ1n) is 8.04. The molecule has 3 rings (SSSR count). The number of rotatable bonds is 5. The van der Waals surface area contributed by atoms with Gasteiger partial charge < -0.3 is 24.3 Å². The molecule has 2 aromatic carbocycles. The number of hydrogen-bond donors (Lipinski definition) is 1. The summed E-state index contributed by atoms with van der Waals surface area (Å²) >= 11 is 0. The summed E-state index contributed by atoms with van der Waals surface area (Å²) in [6, 6.07) is 10.1. The molecule has 0 aromatic heterocycles. The van der Waals surface area contributed by atoms with Crippen LogP contribution in [0.3, 0.4) is 0 Å². The Bertz CT molecular complexity index is 848. The summed E-state index contributed by atoms with van der Waals surface area (Å²) in [4.78, 5) is 24.6. The quantitative estimate of drug-likeness (QED) is 0.829. The number of anilines is 1. The minimum atomic E-state index is -0.988. The van der Waals surface area contributed by atoms with Gasteiger partial charge in [0, 0.05) is 0 Å². The van der Waals surface area contributed by atoms with E-state index in [9.17, 15) is 9.59 Å². The highest BCUT2D eigenvalue weighted by atomic mass is 16.7. The summed E-state index contributed by atoms with van der Waals surface area (Å²) in [6.07, 6.45) is -0.988. The molecule has 1 unspecified atom stereocenters. The van der Waals surface area contributed by atoms with Gasteiger partial charge in [0.15, 0.2) is 17.6 Å². The maximum atomic E-state index is 12.4. The van der Waals surface area contributed by atoms with Gasteiger partial charge in [-0.3, -0.25) is 4.79 Å². The molecule has 0 fully saturated rings. The fraction of sp³-hybridized carbons (Fsp3) is 0.263. The van der Waals surface area contributed by atoms with Gasteiger partial charge in [0.25, 0.3) is 5.91 Å². The van der Waals surface area contributed by atoms with Crippen molar-refractivity contribution in [1.82, 2.24) is 0 Å². The Labute approximate surface area is 150 Å². The van der Waals surface area contributed by atoms with E-state index < -0.39 is 18.0 Å². The first-order valence-corrected chi connectivity index (χ1v) is 8.04. The Morgan fingerprint density at radius 2 is 1.88 bits per heavy atom. The second kappa shape index (κ2) is 7.35. The predicted molar refractivity (Wildman–Crippen MR) is 93.8 cm³/mol. The van der Waals surface area contributed by atoms with E-state index in [1.807, 2.05) is 13.0 Å². The standard InChI is InChI=1S/C19H19NO6/c1-11-4-6-15(23-3)14(8-11)20-18(21)12(2)26-19(22)13-5-7-16-17(9-13)25-10-24-16/h4-9,12H,10H2,1-3H3,(H,20,21). The van der Waals surface area contributed by atoms with Crippen LogP contribution in [0.4, 0.5) is 5.69 Å². The Morgan fingerprint density at radius 1 is 1.12 bits per heavy atom. The topological polar surface area (TPSA) is 83.1 Å². The highest BCUT2D eigenvalue weighted by molar-refractivity contribution is 5.98. The summed E-state index contributed by atoms with van der Waals surface area (Å²) in [7, 11) is 1.52. The number of aryl methyl sites for hydroxylation is 1. The molecular weight excluding hydrogens is 338 g/mol. The zero-order chi connectivity index (χ0) is 18.7. The smallest absolute Gasteiger partial charge is 0.339 e. The van der Waals surface area contributed by atoms with Crippen LogP contribution in [0.5, 0.6) is 17.2 Å². The monoisotopic (exact) mass is 357 g/mol. The van der Waals surface area contributed by atoms with E-state index in [1.54, 1.807) is 24.3 Å². The van der Waals surface area contributed by atoms with E-state index in [0.717, 1.165) is 5.56 Å². The van der Waals surface area contributed by atoms with Crippen molar-refractivity contribution in [3.05, 3.63) is 47.5 Å². The zero-order valence-corrected chi connectivity index (χ0v) is 14.7. The molecule has 0 saturated carbocycles. The molecule has 0 bridgehead atoms. The molecule has 1 heterocycles. The van der Waals surface area contributed by atoms with Crippen LogP contribution in [0.1, 0.15) is 22.8 Å². The van der Waals surface area contributed by atoms with Crippen molar-refractivity contribution in [3.63, 3.8) is 0 Å². The van der Waals surface area contributed by atoms with Crippen LogP contribution in [0.25, 0.3) is 0 Å². The molecular formula is C19H19NO6. The van der Waals surface area contributed by atoms with Crippen molar-refractivity contribution in [1.29, 1.82) is 0 Å². The molecule has 0 saturated heterocycles. The van der Waals surface area contributed by atoms with Gasteiger partial charge in [-0.15, -0.1) is 0 Å². The van der Waals surface area contributed by atoms with E-state index in [2.05, 4.69) is 5.32 Å². The third-order valence-corrected chi connectivity index (χ3v) is 3.87. The van der Waals surface area contributed by atoms with E-state index in [-0.39, 0.29) is 12.4 Å². The second-order valence-corrected chi connectivity index (χ2v) is 5.81. The number of esters is 1. The predicted octanol–water partition coefficient (Wildman–Crippen LogP) is 2.92. The number of benzene rings is 2. The van der Waals surface area contributed by atoms with Crippen LogP contribution < -0.4 is 19.5 Å². The van der Waals surface area contributed by atoms with Gasteiger partial charge in [0.2, 0.25) is 6.79 Å². The van der Waals surface area contributed by atoms with Gasteiger partial charge in [-0.2, -0.15) is 0 Å². The molecule has 26 heavy (non-hydrogen) atoms. The number of amides is 1. The summed E-state index contributed by atoms with van der Waals surface area (Å²) in [6.45, 7) is 3.52. The van der Waals surface area contributed by atoms with Gasteiger partial charge in [0.1, 0.15) is 5.75 Å². The first kappa shape index (κ1) is 17.6. The van der Waals surface area contributed by atoms with E-state index in [4.69, 9.17) is 18.9 Å². The summed E-state index contributed by atoms with van der Waals surface area (Å²) in [5, 5.41) is 2.71. The van der Waals surface area contributed by atoms with Crippen molar-refractivity contribution in [2.24, 2.45) is 0 Å². The Hall–Kier alpha value is -3.22. The average Bonchev–Trinajstić information content (AvgIpc) is 3.09. The summed E-state index contributed by atoms with van der Waals surface area (Å²) in [5.74, 6) is 0.489. The lowest BCUT2D eigenvalue weighted by molar-refractivity contribution is -0.123. The van der Waals surface area contributed by atoms with Crippen molar-refractivity contribution >= 4 is 17.6 Å². The number of methoxy groups -OCH3 is 1. The Kier molecular flexibility index (Phi) is 4.97.